The number of nitrogen functional groups attached to an aromatic ring is 1. The number of aromatic hydroxyl groups is 1. The van der Waals surface area contributed by atoms with Crippen LogP contribution in [0.25, 0.3) is 11.1 Å². The molecule has 1 saturated heterocycles. The third-order valence-corrected chi connectivity index (χ3v) is 6.51. The van der Waals surface area contributed by atoms with Crippen LogP contribution in [-0.4, -0.2) is 68.5 Å². The van der Waals surface area contributed by atoms with Crippen LogP contribution in [0.4, 0.5) is 11.5 Å². The van der Waals surface area contributed by atoms with Crippen LogP contribution in [0.1, 0.15) is 43.7 Å². The Morgan fingerprint density at radius 1 is 1.19 bits per heavy atom. The van der Waals surface area contributed by atoms with E-state index in [1.165, 1.54) is 0 Å². The van der Waals surface area contributed by atoms with E-state index in [0.29, 0.717) is 37.2 Å². The molecule has 3 fully saturated rings. The van der Waals surface area contributed by atoms with E-state index < -0.39 is 0 Å². The Kier molecular flexibility index (Phi) is 5.13. The molecule has 0 spiro atoms. The third kappa shape index (κ3) is 4.01. The van der Waals surface area contributed by atoms with E-state index in [1.807, 2.05) is 11.0 Å². The van der Waals surface area contributed by atoms with Crippen molar-refractivity contribution >= 4 is 17.4 Å². The zero-order valence-corrected chi connectivity index (χ0v) is 17.4. The summed E-state index contributed by atoms with van der Waals surface area (Å²) in [6.45, 7) is 1.87. The second-order valence-electron chi connectivity index (χ2n) is 8.82. The fourth-order valence-corrected chi connectivity index (χ4v) is 4.62. The number of amides is 1. The molecule has 1 amide bonds. The van der Waals surface area contributed by atoms with Gasteiger partial charge in [-0.05, 0) is 37.7 Å². The van der Waals surface area contributed by atoms with Crippen LogP contribution in [-0.2, 0) is 4.79 Å². The van der Waals surface area contributed by atoms with Gasteiger partial charge < -0.3 is 25.7 Å². The van der Waals surface area contributed by atoms with Crippen molar-refractivity contribution in [2.24, 2.45) is 5.92 Å². The highest BCUT2D eigenvalue weighted by Crippen LogP contribution is 2.46. The first-order chi connectivity index (χ1) is 15.0. The minimum atomic E-state index is -0.127. The Hall–Kier alpha value is -2.94. The Morgan fingerprint density at radius 2 is 2.00 bits per heavy atom. The molecule has 9 nitrogen and oxygen atoms in total. The van der Waals surface area contributed by atoms with E-state index in [9.17, 15) is 15.0 Å². The molecule has 0 radical (unpaired) electrons. The van der Waals surface area contributed by atoms with Crippen molar-refractivity contribution in [2.45, 2.75) is 44.1 Å². The lowest BCUT2D eigenvalue weighted by molar-refractivity contribution is -0.135. The maximum absolute atomic E-state index is 12.5. The zero-order chi connectivity index (χ0) is 21.5. The molecule has 2 aromatic rings. The van der Waals surface area contributed by atoms with Crippen LogP contribution in [0.5, 0.6) is 5.88 Å². The molecule has 164 valence electrons. The normalized spacial score (nSPS) is 21.4. The molecule has 1 atom stereocenters. The largest absolute Gasteiger partial charge is 0.492 e. The highest BCUT2D eigenvalue weighted by molar-refractivity contribution is 5.78. The fraction of sp³-hybridized carbons (Fsp3) is 0.545. The highest BCUT2D eigenvalue weighted by atomic mass is 16.3. The van der Waals surface area contributed by atoms with E-state index >= 15 is 0 Å². The van der Waals surface area contributed by atoms with Crippen molar-refractivity contribution in [3.05, 3.63) is 24.0 Å². The molecule has 0 bridgehead atoms. The van der Waals surface area contributed by atoms with Gasteiger partial charge in [-0.2, -0.15) is 5.10 Å². The van der Waals surface area contributed by atoms with Crippen molar-refractivity contribution in [1.29, 1.82) is 0 Å². The number of nitrogens with two attached hydrogens (primary N) is 1. The molecule has 3 aliphatic rings. The van der Waals surface area contributed by atoms with Gasteiger partial charge in [-0.1, -0.05) is 0 Å². The van der Waals surface area contributed by atoms with Gasteiger partial charge in [0, 0.05) is 49.2 Å². The SMILES string of the molecule is Nc1cc(-c2cnnc(O)c2)c(C2CC2)nc1N1CCN(C(=O)CCO)[C@H](C2CC2)C1. The minimum Gasteiger partial charge on any atom is -0.492 e. The summed E-state index contributed by atoms with van der Waals surface area (Å²) in [4.78, 5) is 21.7. The highest BCUT2D eigenvalue weighted by Gasteiger charge is 2.41. The summed E-state index contributed by atoms with van der Waals surface area (Å²) in [5, 5.41) is 26.4. The van der Waals surface area contributed by atoms with E-state index in [2.05, 4.69) is 15.1 Å². The standard InChI is InChI=1S/C22H28N6O3/c23-17-10-16(15-9-19(30)26-24-11-15)21(14-3-4-14)25-22(17)27-6-7-28(20(31)5-8-29)18(12-27)13-1-2-13/h9-11,13-14,18,29H,1-8,12,23H2,(H,26,30)/t18-/m0/s1. The summed E-state index contributed by atoms with van der Waals surface area (Å²) >= 11 is 0. The molecule has 0 aromatic carbocycles. The average Bonchev–Trinajstić information content (AvgIpc) is 3.66. The van der Waals surface area contributed by atoms with Crippen LogP contribution in [0.15, 0.2) is 18.3 Å². The van der Waals surface area contributed by atoms with Crippen LogP contribution in [0.2, 0.25) is 0 Å². The summed E-state index contributed by atoms with van der Waals surface area (Å²) in [5.41, 5.74) is 9.70. The number of aliphatic hydroxyl groups excluding tert-OH is 1. The molecule has 9 heteroatoms. The first-order valence-electron chi connectivity index (χ1n) is 11.0. The number of hydrogen-bond acceptors (Lipinski definition) is 8. The number of aromatic nitrogens is 3. The van der Waals surface area contributed by atoms with Crippen LogP contribution < -0.4 is 10.6 Å². The summed E-state index contributed by atoms with van der Waals surface area (Å²) in [7, 11) is 0. The molecule has 3 heterocycles. The molecule has 2 aromatic heterocycles. The maximum atomic E-state index is 12.5. The van der Waals surface area contributed by atoms with Gasteiger partial charge in [0.15, 0.2) is 5.82 Å². The quantitative estimate of drug-likeness (QED) is 0.637. The predicted molar refractivity (Wildman–Crippen MR) is 115 cm³/mol. The molecule has 2 aliphatic carbocycles. The van der Waals surface area contributed by atoms with Crippen LogP contribution in [0.3, 0.4) is 0 Å². The molecule has 0 unspecified atom stereocenters. The van der Waals surface area contributed by atoms with Crippen molar-refractivity contribution in [3.63, 3.8) is 0 Å². The Labute approximate surface area is 180 Å². The van der Waals surface area contributed by atoms with Gasteiger partial charge in [0.1, 0.15) is 0 Å². The molecular weight excluding hydrogens is 396 g/mol. The number of nitrogens with zero attached hydrogens (tertiary/aromatic N) is 5. The van der Waals surface area contributed by atoms with Crippen LogP contribution in [0, 0.1) is 5.92 Å². The second kappa shape index (κ2) is 7.96. The molecule has 31 heavy (non-hydrogen) atoms. The summed E-state index contributed by atoms with van der Waals surface area (Å²) < 4.78 is 0. The Bertz CT molecular complexity index is 991. The van der Waals surface area contributed by atoms with Crippen molar-refractivity contribution in [2.75, 3.05) is 36.9 Å². The number of carbonyl (C=O) groups is 1. The number of rotatable bonds is 6. The van der Waals surface area contributed by atoms with Gasteiger partial charge in [-0.3, -0.25) is 4.79 Å². The van der Waals surface area contributed by atoms with Gasteiger partial charge in [0.25, 0.3) is 0 Å². The molecule has 2 saturated carbocycles. The van der Waals surface area contributed by atoms with E-state index in [0.717, 1.165) is 48.3 Å². The van der Waals surface area contributed by atoms with E-state index in [4.69, 9.17) is 10.7 Å². The van der Waals surface area contributed by atoms with E-state index in [1.54, 1.807) is 12.3 Å². The molecule has 4 N–H and O–H groups in total. The first-order valence-corrected chi connectivity index (χ1v) is 11.0. The van der Waals surface area contributed by atoms with Gasteiger partial charge in [-0.25, -0.2) is 4.98 Å². The minimum absolute atomic E-state index is 0.0268. The smallest absolute Gasteiger partial charge is 0.231 e. The van der Waals surface area contributed by atoms with Gasteiger partial charge in [-0.15, -0.1) is 5.10 Å². The first kappa shape index (κ1) is 20.0. The third-order valence-electron chi connectivity index (χ3n) is 6.51. The number of anilines is 2. The molecule has 5 rings (SSSR count). The Balaban J connectivity index is 1.45. The Morgan fingerprint density at radius 3 is 2.68 bits per heavy atom. The number of pyridine rings is 1. The van der Waals surface area contributed by atoms with Crippen molar-refractivity contribution in [1.82, 2.24) is 20.1 Å². The van der Waals surface area contributed by atoms with E-state index in [-0.39, 0.29) is 30.9 Å². The van der Waals surface area contributed by atoms with Crippen molar-refractivity contribution < 1.29 is 15.0 Å². The number of piperazine rings is 1. The van der Waals surface area contributed by atoms with Gasteiger partial charge in [0.05, 0.1) is 30.2 Å². The fourth-order valence-electron chi connectivity index (χ4n) is 4.62. The maximum Gasteiger partial charge on any atom is 0.231 e. The lowest BCUT2D eigenvalue weighted by Crippen LogP contribution is -2.56. The van der Waals surface area contributed by atoms with Gasteiger partial charge >= 0.3 is 0 Å². The topological polar surface area (TPSA) is 129 Å². The van der Waals surface area contributed by atoms with Crippen LogP contribution >= 0.6 is 0 Å². The average molecular weight is 425 g/mol. The second-order valence-corrected chi connectivity index (χ2v) is 8.82. The van der Waals surface area contributed by atoms with Gasteiger partial charge in [0.2, 0.25) is 11.8 Å². The van der Waals surface area contributed by atoms with Crippen molar-refractivity contribution in [3.8, 4) is 17.0 Å². The lowest BCUT2D eigenvalue weighted by Gasteiger charge is -2.42. The zero-order valence-electron chi connectivity index (χ0n) is 17.4. The summed E-state index contributed by atoms with van der Waals surface area (Å²) in [6, 6.07) is 3.66. The summed E-state index contributed by atoms with van der Waals surface area (Å²) in [5.74, 6) is 1.57. The summed E-state index contributed by atoms with van der Waals surface area (Å²) in [6.07, 6.45) is 6.24. The lowest BCUT2D eigenvalue weighted by atomic mass is 10.0. The molecular formula is C22H28N6O3. The molecule has 1 aliphatic heterocycles. The predicted octanol–water partition coefficient (Wildman–Crippen LogP) is 1.51. The number of aliphatic hydroxyl groups is 1. The number of carbonyl (C=O) groups excluding carboxylic acids is 1. The number of hydrogen-bond donors (Lipinski definition) is 3. The monoisotopic (exact) mass is 424 g/mol.